The van der Waals surface area contributed by atoms with Gasteiger partial charge >= 0.3 is 5.97 Å². The molecule has 6 heteroatoms. The lowest BCUT2D eigenvalue weighted by Gasteiger charge is -2.35. The van der Waals surface area contributed by atoms with Crippen LogP contribution in [0.1, 0.15) is 79.4 Å². The van der Waals surface area contributed by atoms with Crippen molar-refractivity contribution in [1.29, 1.82) is 0 Å². The van der Waals surface area contributed by atoms with Crippen molar-refractivity contribution in [3.8, 4) is 0 Å². The van der Waals surface area contributed by atoms with Gasteiger partial charge in [-0.3, -0.25) is 4.79 Å². The summed E-state index contributed by atoms with van der Waals surface area (Å²) in [5.74, 6) is -0.443. The minimum atomic E-state index is -0.931. The number of aromatic carboxylic acids is 1. The van der Waals surface area contributed by atoms with Crippen LogP contribution in [0.5, 0.6) is 0 Å². The van der Waals surface area contributed by atoms with Gasteiger partial charge in [-0.05, 0) is 55.8 Å². The van der Waals surface area contributed by atoms with E-state index < -0.39 is 5.97 Å². The van der Waals surface area contributed by atoms with E-state index in [1.807, 2.05) is 29.2 Å². The number of fused-ring (bicyclic) bond motifs is 3. The van der Waals surface area contributed by atoms with Crippen molar-refractivity contribution < 1.29 is 14.7 Å². The molecule has 1 fully saturated rings. The topological polar surface area (TPSA) is 65.8 Å². The summed E-state index contributed by atoms with van der Waals surface area (Å²) in [6, 6.07) is 5.52. The third kappa shape index (κ3) is 5.26. The smallest absolute Gasteiger partial charge is 0.335 e. The third-order valence-corrected chi connectivity index (χ3v) is 8.66. The number of hydrogen-bond acceptors (Lipinski definition) is 3. The zero-order valence-electron chi connectivity index (χ0n) is 22.8. The number of amides is 1. The Balaban J connectivity index is 1.90. The quantitative estimate of drug-likeness (QED) is 0.432. The molecule has 0 radical (unpaired) electrons. The normalized spacial score (nSPS) is 23.3. The molecule has 3 heterocycles. The second-order valence-electron chi connectivity index (χ2n) is 10.9. The number of benzene rings is 1. The Morgan fingerprint density at radius 1 is 1.14 bits per heavy atom. The lowest BCUT2D eigenvalue weighted by atomic mass is 9.79. The molecule has 0 bridgehead atoms. The van der Waals surface area contributed by atoms with Gasteiger partial charge in [0.25, 0.3) is 0 Å². The predicted molar refractivity (Wildman–Crippen MR) is 150 cm³/mol. The van der Waals surface area contributed by atoms with Crippen molar-refractivity contribution in [2.75, 3.05) is 33.2 Å². The predicted octanol–water partition coefficient (Wildman–Crippen LogP) is 5.89. The van der Waals surface area contributed by atoms with Gasteiger partial charge in [-0.25, -0.2) is 4.79 Å². The number of carbonyl (C=O) groups excluding carboxylic acids is 1. The van der Waals surface area contributed by atoms with Crippen LogP contribution in [-0.2, 0) is 11.3 Å². The largest absolute Gasteiger partial charge is 0.478 e. The number of likely N-dealkylation sites (N-methyl/N-ethyl adjacent to an activating group) is 1. The van der Waals surface area contributed by atoms with Crippen LogP contribution in [0, 0.1) is 11.8 Å². The van der Waals surface area contributed by atoms with Crippen molar-refractivity contribution in [3.05, 3.63) is 60.3 Å². The van der Waals surface area contributed by atoms with E-state index >= 15 is 0 Å². The van der Waals surface area contributed by atoms with Gasteiger partial charge in [-0.2, -0.15) is 0 Å². The Morgan fingerprint density at radius 2 is 1.86 bits per heavy atom. The molecular weight excluding hydrogens is 462 g/mol. The van der Waals surface area contributed by atoms with Gasteiger partial charge in [0.05, 0.1) is 11.5 Å². The lowest BCUT2D eigenvalue weighted by molar-refractivity contribution is -0.138. The van der Waals surface area contributed by atoms with E-state index in [1.165, 1.54) is 11.3 Å². The molecule has 2 aliphatic rings. The zero-order chi connectivity index (χ0) is 26.7. The molecule has 4 unspecified atom stereocenters. The monoisotopic (exact) mass is 505 g/mol. The molecule has 0 aliphatic carbocycles. The Labute approximate surface area is 221 Å². The van der Waals surface area contributed by atoms with Gasteiger partial charge in [-0.15, -0.1) is 13.2 Å². The Morgan fingerprint density at radius 3 is 2.46 bits per heavy atom. The van der Waals surface area contributed by atoms with Gasteiger partial charge < -0.3 is 19.5 Å². The van der Waals surface area contributed by atoms with Crippen LogP contribution in [0.25, 0.3) is 10.9 Å². The standard InChI is InChI=1S/C31H43N3O3/c1-6-10-11-21(7-2)28-26-13-12-23(31(36)37)19-27(26)34-20-24(18-22(8-3)25(9-4)29(28)34)30(35)33-16-14-32(5)15-17-33/h8-9,12-13,19,21-22,24-25H,3-4,6-7,10-11,14-18,20H2,1-2,5H3,(H,36,37). The van der Waals surface area contributed by atoms with E-state index in [1.54, 1.807) is 6.07 Å². The van der Waals surface area contributed by atoms with Gasteiger partial charge in [0.2, 0.25) is 5.91 Å². The van der Waals surface area contributed by atoms with Crippen LogP contribution >= 0.6 is 0 Å². The first kappa shape index (κ1) is 27.2. The number of nitrogens with zero attached hydrogens (tertiary/aromatic N) is 3. The summed E-state index contributed by atoms with van der Waals surface area (Å²) in [4.78, 5) is 30.1. The summed E-state index contributed by atoms with van der Waals surface area (Å²) in [7, 11) is 2.10. The van der Waals surface area contributed by atoms with E-state index in [0.29, 0.717) is 12.5 Å². The summed E-state index contributed by atoms with van der Waals surface area (Å²) in [6.07, 6.45) is 9.13. The molecule has 1 N–H and O–H groups in total. The molecule has 4 atom stereocenters. The maximum atomic E-state index is 13.9. The maximum absolute atomic E-state index is 13.9. The average molecular weight is 506 g/mol. The number of rotatable bonds is 9. The molecule has 1 amide bonds. The highest BCUT2D eigenvalue weighted by molar-refractivity contribution is 5.95. The van der Waals surface area contributed by atoms with Crippen LogP contribution in [0.15, 0.2) is 43.5 Å². The summed E-state index contributed by atoms with van der Waals surface area (Å²) in [5, 5.41) is 10.9. The average Bonchev–Trinajstić information content (AvgIpc) is 3.10. The van der Waals surface area contributed by atoms with E-state index in [-0.39, 0.29) is 29.2 Å². The number of piperazine rings is 1. The van der Waals surface area contributed by atoms with E-state index in [0.717, 1.165) is 69.2 Å². The Hall–Kier alpha value is -2.86. The third-order valence-electron chi connectivity index (χ3n) is 8.66. The van der Waals surface area contributed by atoms with Crippen LogP contribution in [0.2, 0.25) is 0 Å². The van der Waals surface area contributed by atoms with E-state index in [9.17, 15) is 14.7 Å². The lowest BCUT2D eigenvalue weighted by Crippen LogP contribution is -2.49. The number of aromatic nitrogens is 1. The fraction of sp³-hybridized carbons (Fsp3) is 0.548. The Bertz CT molecular complexity index is 1160. The van der Waals surface area contributed by atoms with Gasteiger partial charge in [0.1, 0.15) is 0 Å². The van der Waals surface area contributed by atoms with Crippen molar-refractivity contribution in [2.24, 2.45) is 11.8 Å². The molecule has 1 aromatic carbocycles. The molecule has 1 aromatic heterocycles. The number of carboxylic acid groups (broad SMARTS) is 1. The van der Waals surface area contributed by atoms with Crippen molar-refractivity contribution in [3.63, 3.8) is 0 Å². The first-order valence-electron chi connectivity index (χ1n) is 14.0. The molecular formula is C31H43N3O3. The summed E-state index contributed by atoms with van der Waals surface area (Å²) < 4.78 is 2.28. The Kier molecular flexibility index (Phi) is 8.58. The van der Waals surface area contributed by atoms with Crippen LogP contribution < -0.4 is 0 Å². The highest BCUT2D eigenvalue weighted by atomic mass is 16.4. The molecule has 37 heavy (non-hydrogen) atoms. The number of hydrogen-bond donors (Lipinski definition) is 1. The molecule has 6 nitrogen and oxygen atoms in total. The SMILES string of the molecule is C=CC1CC(C(=O)N2CCN(C)CC2)Cn2c(c(C(CC)CCCC)c3ccc(C(=O)O)cc32)C1C=C. The van der Waals surface area contributed by atoms with Gasteiger partial charge in [-0.1, -0.05) is 44.9 Å². The molecule has 0 saturated carbocycles. The van der Waals surface area contributed by atoms with E-state index in [4.69, 9.17) is 0 Å². The van der Waals surface area contributed by atoms with Crippen molar-refractivity contribution in [1.82, 2.24) is 14.4 Å². The molecule has 4 rings (SSSR count). The molecule has 2 aromatic rings. The van der Waals surface area contributed by atoms with Crippen molar-refractivity contribution >= 4 is 22.8 Å². The first-order valence-corrected chi connectivity index (χ1v) is 14.0. The fourth-order valence-corrected chi connectivity index (χ4v) is 6.48. The van der Waals surface area contributed by atoms with Crippen LogP contribution in [-0.4, -0.2) is 64.6 Å². The van der Waals surface area contributed by atoms with E-state index in [2.05, 4.69) is 43.5 Å². The van der Waals surface area contributed by atoms with Crippen molar-refractivity contribution in [2.45, 2.75) is 64.3 Å². The van der Waals surface area contributed by atoms with Gasteiger partial charge in [0.15, 0.2) is 0 Å². The number of allylic oxidation sites excluding steroid dienone is 2. The summed E-state index contributed by atoms with van der Waals surface area (Å²) >= 11 is 0. The van der Waals surface area contributed by atoms with Gasteiger partial charge in [0, 0.05) is 55.2 Å². The first-order chi connectivity index (χ1) is 17.8. The molecule has 1 saturated heterocycles. The number of unbranched alkanes of at least 4 members (excludes halogenated alkanes) is 1. The summed E-state index contributed by atoms with van der Waals surface area (Å²) in [6.45, 7) is 16.7. The zero-order valence-corrected chi connectivity index (χ0v) is 22.8. The number of carbonyl (C=O) groups is 2. The fourth-order valence-electron chi connectivity index (χ4n) is 6.48. The second kappa shape index (κ2) is 11.7. The number of carboxylic acids is 1. The molecule has 200 valence electrons. The second-order valence-corrected chi connectivity index (χ2v) is 10.9. The highest BCUT2D eigenvalue weighted by Crippen LogP contribution is 2.46. The minimum absolute atomic E-state index is 0.0224. The minimum Gasteiger partial charge on any atom is -0.478 e. The molecule has 0 spiro atoms. The van der Waals surface area contributed by atoms with Crippen LogP contribution in [0.4, 0.5) is 0 Å². The maximum Gasteiger partial charge on any atom is 0.335 e. The highest BCUT2D eigenvalue weighted by Gasteiger charge is 2.38. The molecule has 2 aliphatic heterocycles. The summed E-state index contributed by atoms with van der Waals surface area (Å²) in [5.41, 5.74) is 3.72. The van der Waals surface area contributed by atoms with Crippen LogP contribution in [0.3, 0.4) is 0 Å².